The van der Waals surface area contributed by atoms with Gasteiger partial charge in [0.1, 0.15) is 18.5 Å². The molecule has 0 unspecified atom stereocenters. The molecule has 0 atom stereocenters. The molecule has 0 aliphatic rings. The number of carbonyl (C=O) groups excluding carboxylic acids is 1. The maximum atomic E-state index is 13.5. The van der Waals surface area contributed by atoms with E-state index in [-0.39, 0.29) is 17.2 Å². The van der Waals surface area contributed by atoms with Gasteiger partial charge in [-0.25, -0.2) is 4.98 Å². The van der Waals surface area contributed by atoms with Gasteiger partial charge in [-0.15, -0.1) is 0 Å². The summed E-state index contributed by atoms with van der Waals surface area (Å²) in [5, 5.41) is 8.56. The third-order valence-corrected chi connectivity index (χ3v) is 6.03. The van der Waals surface area contributed by atoms with Gasteiger partial charge >= 0.3 is 6.18 Å². The first-order valence-corrected chi connectivity index (χ1v) is 12.0. The van der Waals surface area contributed by atoms with Crippen LogP contribution in [0.1, 0.15) is 15.9 Å². The van der Waals surface area contributed by atoms with Crippen LogP contribution in [0.3, 0.4) is 0 Å². The van der Waals surface area contributed by atoms with Crippen molar-refractivity contribution in [1.29, 1.82) is 0 Å². The molecule has 7 nitrogen and oxygen atoms in total. The van der Waals surface area contributed by atoms with E-state index in [1.807, 2.05) is 0 Å². The van der Waals surface area contributed by atoms with Crippen molar-refractivity contribution in [2.24, 2.45) is 0 Å². The lowest BCUT2D eigenvalue weighted by Gasteiger charge is -2.16. The number of hydrogen-bond acceptors (Lipinski definition) is 6. The van der Waals surface area contributed by atoms with Crippen molar-refractivity contribution in [3.8, 4) is 0 Å². The Labute approximate surface area is 182 Å². The number of carbonyl (C=O) groups is 1. The van der Waals surface area contributed by atoms with E-state index in [1.54, 1.807) is 49.7 Å². The van der Waals surface area contributed by atoms with Crippen LogP contribution in [-0.2, 0) is 10.7 Å². The lowest BCUT2D eigenvalue weighted by atomic mass is 10.1. The predicted octanol–water partition coefficient (Wildman–Crippen LogP) is 4.59. The van der Waals surface area contributed by atoms with Gasteiger partial charge in [0.15, 0.2) is 0 Å². The maximum absolute atomic E-state index is 13.5. The second-order valence-corrected chi connectivity index (χ2v) is 10.4. The summed E-state index contributed by atoms with van der Waals surface area (Å²) >= 11 is 0. The molecule has 11 heteroatoms. The van der Waals surface area contributed by atoms with Gasteiger partial charge in [-0.05, 0) is 49.7 Å². The number of para-hydroxylation sites is 1. The Hall–Kier alpha value is -3.39. The van der Waals surface area contributed by atoms with Crippen molar-refractivity contribution in [2.75, 3.05) is 31.0 Å². The lowest BCUT2D eigenvalue weighted by Crippen LogP contribution is -2.20. The minimum Gasteiger partial charge on any atom is -0.355 e. The molecule has 0 aliphatic carbocycles. The topological polar surface area (TPSA) is 96.0 Å². The summed E-state index contributed by atoms with van der Waals surface area (Å²) in [4.78, 5) is 19.8. The molecule has 0 fully saturated rings. The van der Waals surface area contributed by atoms with E-state index in [2.05, 4.69) is 25.9 Å². The monoisotopic (exact) mass is 463 g/mol. The van der Waals surface area contributed by atoms with Gasteiger partial charge < -0.3 is 20.5 Å². The van der Waals surface area contributed by atoms with Crippen LogP contribution in [0, 0.1) is 0 Å². The number of nitrogens with zero attached hydrogens (tertiary/aromatic N) is 2. The number of rotatable bonds is 6. The second kappa shape index (κ2) is 9.00. The average molecular weight is 463 g/mol. The molecule has 1 aromatic heterocycles. The Kier molecular flexibility index (Phi) is 6.55. The van der Waals surface area contributed by atoms with Crippen LogP contribution in [0.15, 0.2) is 54.7 Å². The summed E-state index contributed by atoms with van der Waals surface area (Å²) in [6.45, 7) is 3.28. The van der Waals surface area contributed by atoms with Crippen molar-refractivity contribution in [3.63, 3.8) is 0 Å². The molecule has 3 N–H and O–H groups in total. The van der Waals surface area contributed by atoms with E-state index in [0.29, 0.717) is 17.2 Å². The fourth-order valence-corrected chi connectivity index (χ4v) is 3.70. The van der Waals surface area contributed by atoms with Crippen molar-refractivity contribution in [2.45, 2.75) is 6.18 Å². The number of hydrogen-bond donors (Lipinski definition) is 3. The summed E-state index contributed by atoms with van der Waals surface area (Å²) in [7, 11) is -1.01. The first-order chi connectivity index (χ1) is 15.0. The van der Waals surface area contributed by atoms with Gasteiger partial charge in [-0.2, -0.15) is 18.2 Å². The molecule has 168 valence electrons. The van der Waals surface area contributed by atoms with Crippen molar-refractivity contribution >= 4 is 41.5 Å². The normalized spacial score (nSPS) is 11.7. The first-order valence-electron chi connectivity index (χ1n) is 9.44. The summed E-state index contributed by atoms with van der Waals surface area (Å²) in [5.74, 6) is -1.05. The molecule has 1 heterocycles. The minimum atomic E-state index is -4.71. The van der Waals surface area contributed by atoms with Crippen molar-refractivity contribution < 1.29 is 22.5 Å². The number of benzene rings is 2. The van der Waals surface area contributed by atoms with E-state index in [0.717, 1.165) is 0 Å². The quantitative estimate of drug-likeness (QED) is 0.463. The highest BCUT2D eigenvalue weighted by Crippen LogP contribution is 2.36. The molecule has 2 aromatic carbocycles. The zero-order chi connectivity index (χ0) is 23.5. The fraction of sp³-hybridized carbons (Fsp3) is 0.190. The van der Waals surface area contributed by atoms with E-state index < -0.39 is 30.6 Å². The highest BCUT2D eigenvalue weighted by Gasteiger charge is 2.35. The standard InChI is InChI=1S/C21H21F3N5O2P/c1-25-19(30)15-6-4-5-7-17(15)28-18-16(21(22,23)24)12-26-20(29-18)27-13-8-10-14(11-9-13)32(2,3)31/h4-12H,1-3H3,(H,25,30)(H2,26,27,28,29). The molecule has 0 spiro atoms. The molecule has 0 bridgehead atoms. The highest BCUT2D eigenvalue weighted by atomic mass is 31.2. The Morgan fingerprint density at radius 2 is 1.66 bits per heavy atom. The number of halogens is 3. The molecule has 32 heavy (non-hydrogen) atoms. The summed E-state index contributed by atoms with van der Waals surface area (Å²) in [5.41, 5.74) is -0.245. The highest BCUT2D eigenvalue weighted by molar-refractivity contribution is 7.70. The van der Waals surface area contributed by atoms with Gasteiger partial charge in [0, 0.05) is 24.2 Å². The average Bonchev–Trinajstić information content (AvgIpc) is 2.72. The first kappa shape index (κ1) is 23.3. The predicted molar refractivity (Wildman–Crippen MR) is 119 cm³/mol. The van der Waals surface area contributed by atoms with Crippen molar-refractivity contribution in [3.05, 3.63) is 65.9 Å². The van der Waals surface area contributed by atoms with Gasteiger partial charge in [0.25, 0.3) is 5.91 Å². The van der Waals surface area contributed by atoms with Crippen LogP contribution < -0.4 is 21.3 Å². The molecule has 3 aromatic rings. The SMILES string of the molecule is CNC(=O)c1ccccc1Nc1nc(Nc2ccc(P(C)(C)=O)cc2)ncc1C(F)(F)F. The van der Waals surface area contributed by atoms with Crippen LogP contribution in [0.4, 0.5) is 36.3 Å². The number of anilines is 4. The molecule has 0 saturated heterocycles. The molecule has 0 aliphatic heterocycles. The molecular formula is C21H21F3N5O2P. The molecule has 0 saturated carbocycles. The molecule has 1 amide bonds. The summed E-state index contributed by atoms with van der Waals surface area (Å²) in [6, 6.07) is 12.8. The van der Waals surface area contributed by atoms with Crippen LogP contribution in [0.2, 0.25) is 0 Å². The maximum Gasteiger partial charge on any atom is 0.421 e. The van der Waals surface area contributed by atoms with Crippen molar-refractivity contribution in [1.82, 2.24) is 15.3 Å². The third-order valence-electron chi connectivity index (χ3n) is 4.49. The smallest absolute Gasteiger partial charge is 0.355 e. The van der Waals surface area contributed by atoms with Crippen LogP contribution in [-0.4, -0.2) is 36.3 Å². The Morgan fingerprint density at radius 3 is 2.25 bits per heavy atom. The van der Waals surface area contributed by atoms with Crippen LogP contribution in [0.5, 0.6) is 0 Å². The minimum absolute atomic E-state index is 0.0816. The fourth-order valence-electron chi connectivity index (χ4n) is 2.83. The van der Waals surface area contributed by atoms with Gasteiger partial charge in [0.2, 0.25) is 5.95 Å². The Bertz CT molecular complexity index is 1180. The third kappa shape index (κ3) is 5.45. The van der Waals surface area contributed by atoms with E-state index in [4.69, 9.17) is 0 Å². The number of nitrogens with one attached hydrogen (secondary N) is 3. The molecule has 3 rings (SSSR count). The van der Waals surface area contributed by atoms with Gasteiger partial charge in [-0.3, -0.25) is 4.79 Å². The van der Waals surface area contributed by atoms with E-state index >= 15 is 0 Å². The second-order valence-electron chi connectivity index (χ2n) is 7.23. The number of aromatic nitrogens is 2. The van der Waals surface area contributed by atoms with Gasteiger partial charge in [-0.1, -0.05) is 12.1 Å². The zero-order valence-corrected chi connectivity index (χ0v) is 18.4. The Balaban J connectivity index is 1.96. The van der Waals surface area contributed by atoms with Gasteiger partial charge in [0.05, 0.1) is 11.3 Å². The number of alkyl halides is 3. The molecular weight excluding hydrogens is 442 g/mol. The zero-order valence-electron chi connectivity index (χ0n) is 17.5. The van der Waals surface area contributed by atoms with Crippen LogP contribution >= 0.6 is 7.14 Å². The van der Waals surface area contributed by atoms with E-state index in [9.17, 15) is 22.5 Å². The summed E-state index contributed by atoms with van der Waals surface area (Å²) in [6.07, 6.45) is -4.05. The summed E-state index contributed by atoms with van der Waals surface area (Å²) < 4.78 is 52.8. The Morgan fingerprint density at radius 1 is 1.00 bits per heavy atom. The number of amides is 1. The van der Waals surface area contributed by atoms with Crippen LogP contribution in [0.25, 0.3) is 0 Å². The van der Waals surface area contributed by atoms with E-state index in [1.165, 1.54) is 19.2 Å². The lowest BCUT2D eigenvalue weighted by molar-refractivity contribution is -0.137. The molecule has 0 radical (unpaired) electrons. The largest absolute Gasteiger partial charge is 0.421 e.